The fourth-order valence-electron chi connectivity index (χ4n) is 1.15. The predicted octanol–water partition coefficient (Wildman–Crippen LogP) is 2.39. The highest BCUT2D eigenvalue weighted by Crippen LogP contribution is 2.25. The van der Waals surface area contributed by atoms with Crippen LogP contribution in [0.5, 0.6) is 0 Å². The molecule has 0 aromatic carbocycles. The summed E-state index contributed by atoms with van der Waals surface area (Å²) in [5, 5.41) is 10.8. The molecule has 14 heavy (non-hydrogen) atoms. The van der Waals surface area contributed by atoms with E-state index in [0.29, 0.717) is 11.4 Å². The predicted molar refractivity (Wildman–Crippen MR) is 54.8 cm³/mol. The smallest absolute Gasteiger partial charge is 0.126 e. The highest BCUT2D eigenvalue weighted by Gasteiger charge is 2.07. The SMILES string of the molecule is Cc1ncc(C#N)c(-c2cccs2)n1. The fourth-order valence-corrected chi connectivity index (χ4v) is 1.88. The standard InChI is InChI=1S/C10H7N3S/c1-7-12-6-8(5-11)10(13-7)9-3-2-4-14-9/h2-4,6H,1H3. The molecule has 0 unspecified atom stereocenters. The first-order valence-electron chi connectivity index (χ1n) is 4.09. The molecule has 0 fully saturated rings. The van der Waals surface area contributed by atoms with E-state index in [0.717, 1.165) is 10.6 Å². The summed E-state index contributed by atoms with van der Waals surface area (Å²) in [6, 6.07) is 5.99. The van der Waals surface area contributed by atoms with Crippen molar-refractivity contribution in [2.24, 2.45) is 0 Å². The van der Waals surface area contributed by atoms with Crippen LogP contribution in [0.1, 0.15) is 11.4 Å². The first-order valence-corrected chi connectivity index (χ1v) is 4.97. The number of aryl methyl sites for hydroxylation is 1. The van der Waals surface area contributed by atoms with Gasteiger partial charge in [-0.25, -0.2) is 9.97 Å². The molecule has 0 bridgehead atoms. The molecule has 2 heterocycles. The first kappa shape index (κ1) is 8.85. The molecule has 0 aliphatic heterocycles. The van der Waals surface area contributed by atoms with Crippen molar-refractivity contribution in [2.45, 2.75) is 6.92 Å². The van der Waals surface area contributed by atoms with Crippen LogP contribution in [0.4, 0.5) is 0 Å². The van der Waals surface area contributed by atoms with Crippen molar-refractivity contribution in [1.29, 1.82) is 5.26 Å². The van der Waals surface area contributed by atoms with Crippen molar-refractivity contribution < 1.29 is 0 Å². The van der Waals surface area contributed by atoms with Crippen LogP contribution in [-0.4, -0.2) is 9.97 Å². The lowest BCUT2D eigenvalue weighted by Crippen LogP contribution is -1.93. The molecule has 3 nitrogen and oxygen atoms in total. The third kappa shape index (κ3) is 1.50. The van der Waals surface area contributed by atoms with Gasteiger partial charge >= 0.3 is 0 Å². The maximum absolute atomic E-state index is 8.88. The van der Waals surface area contributed by atoms with E-state index in [1.165, 1.54) is 0 Å². The van der Waals surface area contributed by atoms with Crippen LogP contribution in [0.25, 0.3) is 10.6 Å². The molecule has 0 saturated carbocycles. The molecule has 2 aromatic heterocycles. The van der Waals surface area contributed by atoms with Crippen LogP contribution >= 0.6 is 11.3 Å². The van der Waals surface area contributed by atoms with Gasteiger partial charge in [0.25, 0.3) is 0 Å². The van der Waals surface area contributed by atoms with Gasteiger partial charge in [0.05, 0.1) is 10.4 Å². The average molecular weight is 201 g/mol. The van der Waals surface area contributed by atoms with Crippen molar-refractivity contribution in [3.63, 3.8) is 0 Å². The summed E-state index contributed by atoms with van der Waals surface area (Å²) in [7, 11) is 0. The second-order valence-electron chi connectivity index (χ2n) is 2.77. The molecule has 0 radical (unpaired) electrons. The van der Waals surface area contributed by atoms with Gasteiger partial charge in [-0.3, -0.25) is 0 Å². The van der Waals surface area contributed by atoms with Gasteiger partial charge in [0.2, 0.25) is 0 Å². The van der Waals surface area contributed by atoms with E-state index in [4.69, 9.17) is 5.26 Å². The zero-order chi connectivity index (χ0) is 9.97. The van der Waals surface area contributed by atoms with Gasteiger partial charge in [-0.15, -0.1) is 11.3 Å². The average Bonchev–Trinajstić information content (AvgIpc) is 2.70. The minimum Gasteiger partial charge on any atom is -0.240 e. The molecule has 0 spiro atoms. The first-order chi connectivity index (χ1) is 6.81. The molecule has 2 aromatic rings. The Labute approximate surface area is 85.7 Å². The number of aromatic nitrogens is 2. The van der Waals surface area contributed by atoms with Crippen molar-refractivity contribution in [2.75, 3.05) is 0 Å². The quantitative estimate of drug-likeness (QED) is 0.711. The van der Waals surface area contributed by atoms with Gasteiger partial charge in [-0.2, -0.15) is 5.26 Å². The summed E-state index contributed by atoms with van der Waals surface area (Å²) in [4.78, 5) is 9.26. The van der Waals surface area contributed by atoms with Gasteiger partial charge in [-0.1, -0.05) is 6.07 Å². The molecule has 4 heteroatoms. The van der Waals surface area contributed by atoms with Gasteiger partial charge in [-0.05, 0) is 18.4 Å². The molecule has 0 saturated heterocycles. The molecule has 0 amide bonds. The molecule has 2 rings (SSSR count). The number of thiophene rings is 1. The van der Waals surface area contributed by atoms with E-state index in [-0.39, 0.29) is 0 Å². The highest BCUT2D eigenvalue weighted by molar-refractivity contribution is 7.13. The van der Waals surface area contributed by atoms with E-state index in [1.807, 2.05) is 24.4 Å². The van der Waals surface area contributed by atoms with Crippen molar-refractivity contribution in [3.8, 4) is 16.6 Å². The van der Waals surface area contributed by atoms with E-state index < -0.39 is 0 Å². The third-order valence-corrected chi connectivity index (χ3v) is 2.66. The molecule has 68 valence electrons. The topological polar surface area (TPSA) is 49.6 Å². The normalized spacial score (nSPS) is 9.71. The minimum absolute atomic E-state index is 0.526. The van der Waals surface area contributed by atoms with E-state index in [9.17, 15) is 0 Å². The van der Waals surface area contributed by atoms with E-state index in [2.05, 4.69) is 16.0 Å². The lowest BCUT2D eigenvalue weighted by atomic mass is 10.2. The molecule has 0 N–H and O–H groups in total. The monoisotopic (exact) mass is 201 g/mol. The lowest BCUT2D eigenvalue weighted by molar-refractivity contribution is 1.05. The van der Waals surface area contributed by atoms with Gasteiger partial charge < -0.3 is 0 Å². The van der Waals surface area contributed by atoms with Crippen LogP contribution < -0.4 is 0 Å². The van der Waals surface area contributed by atoms with Crippen LogP contribution in [-0.2, 0) is 0 Å². The number of nitrogens with zero attached hydrogens (tertiary/aromatic N) is 3. The van der Waals surface area contributed by atoms with Crippen LogP contribution in [0.2, 0.25) is 0 Å². The number of nitriles is 1. The zero-order valence-corrected chi connectivity index (χ0v) is 8.38. The molecule has 0 aliphatic carbocycles. The Morgan fingerprint density at radius 2 is 2.36 bits per heavy atom. The number of hydrogen-bond acceptors (Lipinski definition) is 4. The van der Waals surface area contributed by atoms with Crippen LogP contribution in [0, 0.1) is 18.3 Å². The van der Waals surface area contributed by atoms with Crippen molar-refractivity contribution in [3.05, 3.63) is 35.1 Å². The summed E-state index contributed by atoms with van der Waals surface area (Å²) in [6.45, 7) is 1.82. The third-order valence-electron chi connectivity index (χ3n) is 1.78. The van der Waals surface area contributed by atoms with Crippen molar-refractivity contribution >= 4 is 11.3 Å². The molecule has 0 aliphatic rings. The molecular weight excluding hydrogens is 194 g/mol. The van der Waals surface area contributed by atoms with E-state index >= 15 is 0 Å². The summed E-state index contributed by atoms with van der Waals surface area (Å²) < 4.78 is 0. The maximum atomic E-state index is 8.88. The van der Waals surface area contributed by atoms with E-state index in [1.54, 1.807) is 17.5 Å². The largest absolute Gasteiger partial charge is 0.240 e. The summed E-state index contributed by atoms with van der Waals surface area (Å²) >= 11 is 1.57. The summed E-state index contributed by atoms with van der Waals surface area (Å²) in [5.41, 5.74) is 1.26. The Hall–Kier alpha value is -1.73. The lowest BCUT2D eigenvalue weighted by Gasteiger charge is -1.99. The second kappa shape index (κ2) is 3.56. The van der Waals surface area contributed by atoms with Gasteiger partial charge in [0.15, 0.2) is 0 Å². The maximum Gasteiger partial charge on any atom is 0.126 e. The Morgan fingerprint density at radius 1 is 1.50 bits per heavy atom. The second-order valence-corrected chi connectivity index (χ2v) is 3.72. The number of rotatable bonds is 1. The van der Waals surface area contributed by atoms with Gasteiger partial charge in [0, 0.05) is 6.20 Å². The Kier molecular flexibility index (Phi) is 2.25. The molecule has 0 atom stereocenters. The minimum atomic E-state index is 0.526. The Balaban J connectivity index is 2.63. The fraction of sp³-hybridized carbons (Fsp3) is 0.100. The summed E-state index contributed by atoms with van der Waals surface area (Å²) in [5.74, 6) is 0.687. The summed E-state index contributed by atoms with van der Waals surface area (Å²) in [6.07, 6.45) is 1.57. The number of hydrogen-bond donors (Lipinski definition) is 0. The zero-order valence-electron chi connectivity index (χ0n) is 7.56. The highest BCUT2D eigenvalue weighted by atomic mass is 32.1. The van der Waals surface area contributed by atoms with Crippen LogP contribution in [0.15, 0.2) is 23.7 Å². The Bertz CT molecular complexity index is 483. The molecular formula is C10H7N3S. The van der Waals surface area contributed by atoms with Crippen molar-refractivity contribution in [1.82, 2.24) is 9.97 Å². The Morgan fingerprint density at radius 3 is 3.00 bits per heavy atom. The van der Waals surface area contributed by atoms with Gasteiger partial charge in [0.1, 0.15) is 17.6 Å². The van der Waals surface area contributed by atoms with Crippen LogP contribution in [0.3, 0.4) is 0 Å².